The SMILES string of the molecule is O=[N+]([O-])c1cccc([C-](C(F)(F)F)C(F)(F)F)c1. The molecule has 0 aromatic heterocycles. The zero-order valence-electron chi connectivity index (χ0n) is 8.34. The molecule has 1 aromatic rings. The van der Waals surface area contributed by atoms with Gasteiger partial charge in [0.25, 0.3) is 0 Å². The van der Waals surface area contributed by atoms with Crippen molar-refractivity contribution in [3.05, 3.63) is 45.9 Å². The smallest absolute Gasteiger partial charge is 0.259 e. The van der Waals surface area contributed by atoms with Gasteiger partial charge in [0, 0.05) is 10.8 Å². The first-order valence-electron chi connectivity index (χ1n) is 4.29. The summed E-state index contributed by atoms with van der Waals surface area (Å²) in [5, 5.41) is 10.3. The van der Waals surface area contributed by atoms with Gasteiger partial charge in [0.2, 0.25) is 5.69 Å². The number of alkyl halides is 6. The number of nitro benzene ring substituents is 1. The zero-order chi connectivity index (χ0) is 14.1. The van der Waals surface area contributed by atoms with Crippen LogP contribution in [0.5, 0.6) is 0 Å². The third-order valence-corrected chi connectivity index (χ3v) is 1.91. The molecular weight excluding hydrogens is 268 g/mol. The van der Waals surface area contributed by atoms with E-state index < -0.39 is 34.4 Å². The van der Waals surface area contributed by atoms with Crippen LogP contribution in [0.1, 0.15) is 5.56 Å². The van der Waals surface area contributed by atoms with Gasteiger partial charge in [0.05, 0.1) is 0 Å². The van der Waals surface area contributed by atoms with Crippen molar-refractivity contribution < 1.29 is 31.3 Å². The molecule has 0 spiro atoms. The largest absolute Gasteiger partial charge is 0.375 e. The highest BCUT2D eigenvalue weighted by Gasteiger charge is 2.51. The van der Waals surface area contributed by atoms with Crippen molar-refractivity contribution in [1.82, 2.24) is 0 Å². The summed E-state index contributed by atoms with van der Waals surface area (Å²) in [5.74, 6) is -2.77. The quantitative estimate of drug-likeness (QED) is 0.357. The van der Waals surface area contributed by atoms with Crippen LogP contribution in [0.3, 0.4) is 0 Å². The van der Waals surface area contributed by atoms with Crippen LogP contribution in [0.2, 0.25) is 0 Å². The van der Waals surface area contributed by atoms with Gasteiger partial charge in [-0.25, -0.2) is 0 Å². The second-order valence-corrected chi connectivity index (χ2v) is 3.18. The fraction of sp³-hybridized carbons (Fsp3) is 0.222. The van der Waals surface area contributed by atoms with E-state index in [1.54, 1.807) is 0 Å². The maximum Gasteiger partial charge on any atom is 0.375 e. The first-order chi connectivity index (χ1) is 8.03. The van der Waals surface area contributed by atoms with E-state index in [0.29, 0.717) is 6.07 Å². The minimum Gasteiger partial charge on any atom is -0.259 e. The monoisotopic (exact) mass is 272 g/mol. The number of hydrogen-bond acceptors (Lipinski definition) is 2. The lowest BCUT2D eigenvalue weighted by Crippen LogP contribution is -2.35. The summed E-state index contributed by atoms with van der Waals surface area (Å²) in [6.07, 6.45) is -11.3. The van der Waals surface area contributed by atoms with Gasteiger partial charge >= 0.3 is 12.4 Å². The van der Waals surface area contributed by atoms with Crippen LogP contribution in [-0.2, 0) is 0 Å². The molecule has 0 saturated carbocycles. The topological polar surface area (TPSA) is 43.1 Å². The highest BCUT2D eigenvalue weighted by atomic mass is 19.4. The Kier molecular flexibility index (Phi) is 3.45. The lowest BCUT2D eigenvalue weighted by Gasteiger charge is -2.30. The molecule has 9 heteroatoms. The van der Waals surface area contributed by atoms with Crippen LogP contribution in [0, 0.1) is 16.0 Å². The summed E-state index contributed by atoms with van der Waals surface area (Å²) in [5.41, 5.74) is -2.14. The second kappa shape index (κ2) is 4.39. The van der Waals surface area contributed by atoms with Crippen molar-refractivity contribution in [2.75, 3.05) is 0 Å². The van der Waals surface area contributed by atoms with E-state index in [0.717, 1.165) is 12.1 Å². The predicted octanol–water partition coefficient (Wildman–Crippen LogP) is 3.64. The van der Waals surface area contributed by atoms with Crippen LogP contribution in [0.4, 0.5) is 32.0 Å². The number of nitro groups is 1. The van der Waals surface area contributed by atoms with Crippen molar-refractivity contribution in [2.24, 2.45) is 0 Å². The Morgan fingerprint density at radius 2 is 1.56 bits per heavy atom. The van der Waals surface area contributed by atoms with Crippen LogP contribution < -0.4 is 0 Å². The summed E-state index contributed by atoms with van der Waals surface area (Å²) < 4.78 is 73.8. The molecule has 0 saturated heterocycles. The Labute approximate surface area is 96.2 Å². The van der Waals surface area contributed by atoms with Crippen molar-refractivity contribution in [3.63, 3.8) is 0 Å². The molecule has 0 unspecified atom stereocenters. The van der Waals surface area contributed by atoms with Crippen LogP contribution in [0.15, 0.2) is 24.3 Å². The molecule has 18 heavy (non-hydrogen) atoms. The van der Waals surface area contributed by atoms with Crippen LogP contribution >= 0.6 is 0 Å². The predicted molar refractivity (Wildman–Crippen MR) is 47.6 cm³/mol. The molecule has 0 radical (unpaired) electrons. The summed E-state index contributed by atoms with van der Waals surface area (Å²) in [4.78, 5) is 9.23. The fourth-order valence-corrected chi connectivity index (χ4v) is 1.26. The molecule has 0 heterocycles. The number of hydrogen-bond donors (Lipinski definition) is 0. The molecule has 100 valence electrons. The lowest BCUT2D eigenvalue weighted by atomic mass is 9.97. The summed E-state index contributed by atoms with van der Waals surface area (Å²) in [7, 11) is 0. The zero-order valence-corrected chi connectivity index (χ0v) is 8.34. The van der Waals surface area contributed by atoms with Crippen molar-refractivity contribution in [3.8, 4) is 0 Å². The molecule has 1 rings (SSSR count). The van der Waals surface area contributed by atoms with E-state index in [-0.39, 0.29) is 6.07 Å². The Morgan fingerprint density at radius 3 is 1.94 bits per heavy atom. The summed E-state index contributed by atoms with van der Waals surface area (Å²) in [6, 6.07) is 2.30. The second-order valence-electron chi connectivity index (χ2n) is 3.18. The highest BCUT2D eigenvalue weighted by molar-refractivity contribution is 5.44. The first kappa shape index (κ1) is 14.1. The molecule has 0 atom stereocenters. The molecule has 0 aliphatic carbocycles. The van der Waals surface area contributed by atoms with Crippen molar-refractivity contribution in [1.29, 1.82) is 0 Å². The average Bonchev–Trinajstić information content (AvgIpc) is 2.13. The van der Waals surface area contributed by atoms with E-state index in [9.17, 15) is 36.5 Å². The van der Waals surface area contributed by atoms with Gasteiger partial charge < -0.3 is 0 Å². The molecule has 0 bridgehead atoms. The van der Waals surface area contributed by atoms with Crippen LogP contribution in [-0.4, -0.2) is 17.3 Å². The minimum absolute atomic E-state index is 0.232. The standard InChI is InChI=1S/C9H4F6NO2/c10-8(11,12)7(9(13,14)15)5-2-1-3-6(4-5)16(17)18/h1-4H/q-1. The number of nitrogens with zero attached hydrogens (tertiary/aromatic N) is 1. The number of non-ortho nitro benzene ring substituents is 1. The van der Waals surface area contributed by atoms with E-state index in [2.05, 4.69) is 0 Å². The third-order valence-electron chi connectivity index (χ3n) is 1.91. The van der Waals surface area contributed by atoms with Gasteiger partial charge in [0.15, 0.2) is 0 Å². The molecule has 0 aliphatic rings. The van der Waals surface area contributed by atoms with E-state index >= 15 is 0 Å². The minimum atomic E-state index is -5.65. The van der Waals surface area contributed by atoms with E-state index in [1.165, 1.54) is 0 Å². The Morgan fingerprint density at radius 1 is 1.06 bits per heavy atom. The normalized spacial score (nSPS) is 12.3. The molecule has 1 aromatic carbocycles. The molecular formula is C9H4F6NO2-. The number of rotatable bonds is 2. The summed E-state index contributed by atoms with van der Waals surface area (Å²) >= 11 is 0. The van der Waals surface area contributed by atoms with Gasteiger partial charge in [-0.05, 0) is 6.07 Å². The van der Waals surface area contributed by atoms with Gasteiger partial charge in [-0.2, -0.15) is 38.0 Å². The van der Waals surface area contributed by atoms with Gasteiger partial charge in [-0.3, -0.25) is 10.1 Å². The maximum absolute atomic E-state index is 12.3. The van der Waals surface area contributed by atoms with Crippen LogP contribution in [0.25, 0.3) is 0 Å². The Bertz CT molecular complexity index is 439. The van der Waals surface area contributed by atoms with E-state index in [1.807, 2.05) is 0 Å². The van der Waals surface area contributed by atoms with Gasteiger partial charge in [-0.15, -0.1) is 6.07 Å². The molecule has 3 nitrogen and oxygen atoms in total. The summed E-state index contributed by atoms with van der Waals surface area (Å²) in [6.45, 7) is 0. The van der Waals surface area contributed by atoms with Gasteiger partial charge in [-0.1, -0.05) is 6.07 Å². The molecule has 0 fully saturated rings. The average molecular weight is 272 g/mol. The molecule has 0 aliphatic heterocycles. The first-order valence-corrected chi connectivity index (χ1v) is 4.29. The number of halogens is 6. The Balaban J connectivity index is 3.31. The third kappa shape index (κ3) is 3.05. The number of benzene rings is 1. The molecule has 0 N–H and O–H groups in total. The van der Waals surface area contributed by atoms with Crippen molar-refractivity contribution >= 4 is 5.69 Å². The highest BCUT2D eigenvalue weighted by Crippen LogP contribution is 2.45. The Hall–Kier alpha value is -1.93. The van der Waals surface area contributed by atoms with Crippen molar-refractivity contribution in [2.45, 2.75) is 12.4 Å². The molecule has 0 amide bonds. The fourth-order valence-electron chi connectivity index (χ4n) is 1.26. The van der Waals surface area contributed by atoms with E-state index in [4.69, 9.17) is 0 Å². The maximum atomic E-state index is 12.3. The van der Waals surface area contributed by atoms with Gasteiger partial charge in [0.1, 0.15) is 0 Å². The lowest BCUT2D eigenvalue weighted by molar-refractivity contribution is -0.384.